The highest BCUT2D eigenvalue weighted by Crippen LogP contribution is 2.22. The van der Waals surface area contributed by atoms with Crippen LogP contribution in [0.15, 0.2) is 24.3 Å². The SMILES string of the molecule is CCn1nc(CC(C)CC(C)O)c2ccccc21. The molecule has 0 aliphatic rings. The summed E-state index contributed by atoms with van der Waals surface area (Å²) in [5.41, 5.74) is 2.36. The maximum absolute atomic E-state index is 9.44. The van der Waals surface area contributed by atoms with Gasteiger partial charge in [0.1, 0.15) is 0 Å². The Morgan fingerprint density at radius 2 is 2.00 bits per heavy atom. The molecular weight excluding hydrogens is 224 g/mol. The lowest BCUT2D eigenvalue weighted by atomic mass is 9.97. The first kappa shape index (κ1) is 13.1. The van der Waals surface area contributed by atoms with Crippen LogP contribution in [-0.2, 0) is 13.0 Å². The Morgan fingerprint density at radius 1 is 1.28 bits per heavy atom. The van der Waals surface area contributed by atoms with E-state index in [4.69, 9.17) is 5.10 Å². The van der Waals surface area contributed by atoms with Gasteiger partial charge in [-0.25, -0.2) is 0 Å². The molecule has 0 bridgehead atoms. The highest BCUT2D eigenvalue weighted by molar-refractivity contribution is 5.81. The van der Waals surface area contributed by atoms with E-state index in [1.54, 1.807) is 0 Å². The largest absolute Gasteiger partial charge is 0.393 e. The lowest BCUT2D eigenvalue weighted by Crippen LogP contribution is -2.10. The molecule has 18 heavy (non-hydrogen) atoms. The zero-order chi connectivity index (χ0) is 13.1. The van der Waals surface area contributed by atoms with Crippen LogP contribution in [-0.4, -0.2) is 21.0 Å². The molecule has 0 spiro atoms. The molecule has 0 saturated heterocycles. The number of para-hydroxylation sites is 1. The smallest absolute Gasteiger partial charge is 0.0706 e. The molecule has 0 saturated carbocycles. The molecule has 0 aliphatic carbocycles. The topological polar surface area (TPSA) is 38.0 Å². The van der Waals surface area contributed by atoms with Gasteiger partial charge in [-0.15, -0.1) is 0 Å². The standard InChI is InChI=1S/C15H22N2O/c1-4-17-15-8-6-5-7-13(15)14(16-17)10-11(2)9-12(3)18/h5-8,11-12,18H,4,9-10H2,1-3H3. The van der Waals surface area contributed by atoms with Gasteiger partial charge in [0.2, 0.25) is 0 Å². The molecule has 0 aliphatic heterocycles. The molecule has 2 aromatic rings. The van der Waals surface area contributed by atoms with Gasteiger partial charge in [0.25, 0.3) is 0 Å². The van der Waals surface area contributed by atoms with Crippen molar-refractivity contribution in [3.05, 3.63) is 30.0 Å². The molecule has 1 aromatic carbocycles. The fourth-order valence-corrected chi connectivity index (χ4v) is 2.58. The number of fused-ring (bicyclic) bond motifs is 1. The molecule has 2 atom stereocenters. The van der Waals surface area contributed by atoms with E-state index >= 15 is 0 Å². The Balaban J connectivity index is 2.28. The number of aryl methyl sites for hydroxylation is 1. The minimum absolute atomic E-state index is 0.237. The van der Waals surface area contributed by atoms with E-state index in [0.29, 0.717) is 5.92 Å². The molecule has 3 nitrogen and oxygen atoms in total. The summed E-state index contributed by atoms with van der Waals surface area (Å²) in [5, 5.41) is 15.4. The predicted octanol–water partition coefficient (Wildman–Crippen LogP) is 3.01. The number of hydrogen-bond acceptors (Lipinski definition) is 2. The second kappa shape index (κ2) is 5.53. The van der Waals surface area contributed by atoms with Gasteiger partial charge in [-0.05, 0) is 38.7 Å². The fraction of sp³-hybridized carbons (Fsp3) is 0.533. The average molecular weight is 246 g/mol. The fourth-order valence-electron chi connectivity index (χ4n) is 2.58. The van der Waals surface area contributed by atoms with Gasteiger partial charge in [0, 0.05) is 11.9 Å². The first-order valence-electron chi connectivity index (χ1n) is 6.74. The van der Waals surface area contributed by atoms with Gasteiger partial charge in [-0.3, -0.25) is 4.68 Å². The Labute approximate surface area is 108 Å². The van der Waals surface area contributed by atoms with Crippen LogP contribution in [0, 0.1) is 5.92 Å². The maximum atomic E-state index is 9.44. The summed E-state index contributed by atoms with van der Waals surface area (Å²) in [7, 11) is 0. The first-order valence-corrected chi connectivity index (χ1v) is 6.74. The normalized spacial score (nSPS) is 14.9. The summed E-state index contributed by atoms with van der Waals surface area (Å²) in [4.78, 5) is 0. The van der Waals surface area contributed by atoms with Gasteiger partial charge in [-0.2, -0.15) is 5.10 Å². The van der Waals surface area contributed by atoms with Gasteiger partial charge in [0.05, 0.1) is 17.3 Å². The van der Waals surface area contributed by atoms with Crippen LogP contribution in [0.25, 0.3) is 10.9 Å². The van der Waals surface area contributed by atoms with Gasteiger partial charge < -0.3 is 5.11 Å². The number of benzene rings is 1. The molecule has 0 fully saturated rings. The Bertz CT molecular complexity index is 516. The predicted molar refractivity (Wildman–Crippen MR) is 74.6 cm³/mol. The molecule has 0 amide bonds. The van der Waals surface area contributed by atoms with E-state index in [-0.39, 0.29) is 6.10 Å². The highest BCUT2D eigenvalue weighted by atomic mass is 16.3. The van der Waals surface area contributed by atoms with E-state index in [2.05, 4.69) is 42.8 Å². The van der Waals surface area contributed by atoms with E-state index in [9.17, 15) is 5.11 Å². The van der Waals surface area contributed by atoms with Gasteiger partial charge in [0.15, 0.2) is 0 Å². The zero-order valence-corrected chi connectivity index (χ0v) is 11.4. The van der Waals surface area contributed by atoms with Crippen molar-refractivity contribution < 1.29 is 5.11 Å². The number of aliphatic hydroxyl groups is 1. The number of nitrogens with zero attached hydrogens (tertiary/aromatic N) is 2. The van der Waals surface area contributed by atoms with Gasteiger partial charge >= 0.3 is 0 Å². The van der Waals surface area contributed by atoms with Crippen LogP contribution >= 0.6 is 0 Å². The van der Waals surface area contributed by atoms with Crippen molar-refractivity contribution in [2.45, 2.75) is 46.3 Å². The van der Waals surface area contributed by atoms with Crippen molar-refractivity contribution in [3.63, 3.8) is 0 Å². The van der Waals surface area contributed by atoms with Crippen LogP contribution < -0.4 is 0 Å². The van der Waals surface area contributed by atoms with Gasteiger partial charge in [-0.1, -0.05) is 25.1 Å². The van der Waals surface area contributed by atoms with Crippen molar-refractivity contribution in [1.82, 2.24) is 9.78 Å². The second-order valence-electron chi connectivity index (χ2n) is 5.17. The first-order chi connectivity index (χ1) is 8.61. The molecular formula is C15H22N2O. The van der Waals surface area contributed by atoms with E-state index in [0.717, 1.165) is 25.1 Å². The number of aliphatic hydroxyl groups excluding tert-OH is 1. The molecule has 1 N–H and O–H groups in total. The summed E-state index contributed by atoms with van der Waals surface area (Å²) in [6, 6.07) is 8.37. The lowest BCUT2D eigenvalue weighted by molar-refractivity contribution is 0.164. The summed E-state index contributed by atoms with van der Waals surface area (Å²) < 4.78 is 2.06. The van der Waals surface area contributed by atoms with Crippen molar-refractivity contribution >= 4 is 10.9 Å². The van der Waals surface area contributed by atoms with Crippen LogP contribution in [0.3, 0.4) is 0 Å². The van der Waals surface area contributed by atoms with E-state index in [1.807, 2.05) is 6.92 Å². The minimum atomic E-state index is -0.237. The quantitative estimate of drug-likeness (QED) is 0.880. The zero-order valence-electron chi connectivity index (χ0n) is 11.4. The third-order valence-electron chi connectivity index (χ3n) is 3.32. The van der Waals surface area contributed by atoms with E-state index in [1.165, 1.54) is 10.9 Å². The third kappa shape index (κ3) is 2.72. The number of hydrogen-bond donors (Lipinski definition) is 1. The molecule has 2 rings (SSSR count). The van der Waals surface area contributed by atoms with Crippen LogP contribution in [0.4, 0.5) is 0 Å². The Kier molecular flexibility index (Phi) is 4.02. The van der Waals surface area contributed by atoms with Crippen molar-refractivity contribution in [2.75, 3.05) is 0 Å². The molecule has 1 heterocycles. The number of rotatable bonds is 5. The van der Waals surface area contributed by atoms with Crippen molar-refractivity contribution in [1.29, 1.82) is 0 Å². The van der Waals surface area contributed by atoms with Crippen LogP contribution in [0.2, 0.25) is 0 Å². The van der Waals surface area contributed by atoms with Crippen molar-refractivity contribution in [2.24, 2.45) is 5.92 Å². The molecule has 1 aromatic heterocycles. The second-order valence-corrected chi connectivity index (χ2v) is 5.17. The molecule has 3 heteroatoms. The Hall–Kier alpha value is -1.35. The van der Waals surface area contributed by atoms with Crippen LogP contribution in [0.5, 0.6) is 0 Å². The highest BCUT2D eigenvalue weighted by Gasteiger charge is 2.13. The molecule has 98 valence electrons. The van der Waals surface area contributed by atoms with Crippen molar-refractivity contribution in [3.8, 4) is 0 Å². The average Bonchev–Trinajstić information content (AvgIpc) is 2.67. The van der Waals surface area contributed by atoms with E-state index < -0.39 is 0 Å². The summed E-state index contributed by atoms with van der Waals surface area (Å²) in [5.74, 6) is 0.452. The minimum Gasteiger partial charge on any atom is -0.393 e. The van der Waals surface area contributed by atoms with Crippen LogP contribution in [0.1, 0.15) is 32.9 Å². The maximum Gasteiger partial charge on any atom is 0.0706 e. The third-order valence-corrected chi connectivity index (χ3v) is 3.32. The monoisotopic (exact) mass is 246 g/mol. The summed E-state index contributed by atoms with van der Waals surface area (Å²) in [6.45, 7) is 7.03. The molecule has 2 unspecified atom stereocenters. The lowest BCUT2D eigenvalue weighted by Gasteiger charge is -2.11. The number of aromatic nitrogens is 2. The summed E-state index contributed by atoms with van der Waals surface area (Å²) in [6.07, 6.45) is 1.52. The summed E-state index contributed by atoms with van der Waals surface area (Å²) >= 11 is 0. The molecule has 0 radical (unpaired) electrons. The Morgan fingerprint density at radius 3 is 2.67 bits per heavy atom.